The minimum atomic E-state index is 0.441. The van der Waals surface area contributed by atoms with E-state index < -0.39 is 0 Å². The highest BCUT2D eigenvalue weighted by atomic mass is 15.2. The van der Waals surface area contributed by atoms with Gasteiger partial charge in [0.1, 0.15) is 0 Å². The third-order valence-electron chi connectivity index (χ3n) is 6.65. The standard InChI is InChI=1S/C28H34N6/c1-20-6-4-8-22(16-20)18-29-24-10-11-26-27(17-24)34(19-25-9-5-7-21(2)30-25)28(32-26)31-23-12-14-33(3)15-13-23/h4-11,16-17,23,29H,12-15,18-19H2,1-3H3,(H,31,32). The summed E-state index contributed by atoms with van der Waals surface area (Å²) in [7, 11) is 2.19. The Kier molecular flexibility index (Phi) is 6.50. The second kappa shape index (κ2) is 9.85. The number of hydrogen-bond acceptors (Lipinski definition) is 5. The lowest BCUT2D eigenvalue weighted by atomic mass is 10.1. The maximum atomic E-state index is 5.00. The van der Waals surface area contributed by atoms with E-state index in [-0.39, 0.29) is 0 Å². The molecule has 2 aromatic heterocycles. The Labute approximate surface area is 202 Å². The Bertz CT molecular complexity index is 1270. The average Bonchev–Trinajstić information content (AvgIpc) is 3.15. The SMILES string of the molecule is Cc1cccc(CNc2ccc3nc(NC4CCN(C)CC4)n(Cc4cccc(C)n4)c3c2)c1. The van der Waals surface area contributed by atoms with Crippen molar-refractivity contribution in [3.63, 3.8) is 0 Å². The van der Waals surface area contributed by atoms with E-state index >= 15 is 0 Å². The number of benzene rings is 2. The fourth-order valence-corrected chi connectivity index (χ4v) is 4.71. The highest BCUT2D eigenvalue weighted by molar-refractivity contribution is 5.82. The summed E-state index contributed by atoms with van der Waals surface area (Å²) < 4.78 is 2.28. The number of likely N-dealkylation sites (tertiary alicyclic amines) is 1. The van der Waals surface area contributed by atoms with Crippen molar-refractivity contribution < 1.29 is 0 Å². The lowest BCUT2D eigenvalue weighted by Gasteiger charge is -2.29. The molecule has 1 aliphatic heterocycles. The number of nitrogens with zero attached hydrogens (tertiary/aromatic N) is 4. The molecule has 6 heteroatoms. The summed E-state index contributed by atoms with van der Waals surface area (Å²) in [6.07, 6.45) is 2.26. The molecule has 2 aromatic carbocycles. The summed E-state index contributed by atoms with van der Waals surface area (Å²) in [5, 5.41) is 7.35. The van der Waals surface area contributed by atoms with Crippen molar-refractivity contribution in [2.45, 2.75) is 45.8 Å². The van der Waals surface area contributed by atoms with Crippen LogP contribution >= 0.6 is 0 Å². The molecule has 4 aromatic rings. The zero-order valence-corrected chi connectivity index (χ0v) is 20.4. The molecule has 0 spiro atoms. The van der Waals surface area contributed by atoms with Gasteiger partial charge in [0.15, 0.2) is 0 Å². The molecule has 0 bridgehead atoms. The van der Waals surface area contributed by atoms with Crippen LogP contribution in [0.5, 0.6) is 0 Å². The molecule has 1 fully saturated rings. The van der Waals surface area contributed by atoms with Gasteiger partial charge in [0.2, 0.25) is 5.95 Å². The van der Waals surface area contributed by atoms with Gasteiger partial charge in [-0.3, -0.25) is 4.98 Å². The molecule has 6 nitrogen and oxygen atoms in total. The van der Waals surface area contributed by atoms with Gasteiger partial charge in [-0.2, -0.15) is 0 Å². The van der Waals surface area contributed by atoms with Gasteiger partial charge in [0.05, 0.1) is 23.3 Å². The average molecular weight is 455 g/mol. The van der Waals surface area contributed by atoms with E-state index in [1.165, 1.54) is 11.1 Å². The lowest BCUT2D eigenvalue weighted by Crippen LogP contribution is -2.37. The highest BCUT2D eigenvalue weighted by Gasteiger charge is 2.20. The van der Waals surface area contributed by atoms with Crippen LogP contribution in [0.15, 0.2) is 60.7 Å². The highest BCUT2D eigenvalue weighted by Crippen LogP contribution is 2.26. The number of hydrogen-bond donors (Lipinski definition) is 2. The molecular weight excluding hydrogens is 420 g/mol. The fraction of sp³-hybridized carbons (Fsp3) is 0.357. The van der Waals surface area contributed by atoms with Crippen molar-refractivity contribution in [2.24, 2.45) is 0 Å². The van der Waals surface area contributed by atoms with Crippen LogP contribution in [0.2, 0.25) is 0 Å². The van der Waals surface area contributed by atoms with Crippen molar-refractivity contribution in [3.8, 4) is 0 Å². The van der Waals surface area contributed by atoms with Crippen LogP contribution in [0.25, 0.3) is 11.0 Å². The molecule has 1 aliphatic rings. The number of aromatic nitrogens is 3. The molecule has 0 radical (unpaired) electrons. The monoisotopic (exact) mass is 454 g/mol. The van der Waals surface area contributed by atoms with Crippen molar-refractivity contribution >= 4 is 22.7 Å². The molecule has 5 rings (SSSR count). The largest absolute Gasteiger partial charge is 0.381 e. The van der Waals surface area contributed by atoms with Crippen LogP contribution in [0.3, 0.4) is 0 Å². The number of nitrogens with one attached hydrogen (secondary N) is 2. The predicted molar refractivity (Wildman–Crippen MR) is 140 cm³/mol. The maximum Gasteiger partial charge on any atom is 0.204 e. The van der Waals surface area contributed by atoms with Crippen LogP contribution in [-0.2, 0) is 13.1 Å². The molecule has 0 unspecified atom stereocenters. The molecular formula is C28H34N6. The molecule has 1 saturated heterocycles. The number of pyridine rings is 1. The van der Waals surface area contributed by atoms with E-state index in [2.05, 4.69) is 88.7 Å². The number of rotatable bonds is 7. The van der Waals surface area contributed by atoms with E-state index in [0.29, 0.717) is 12.6 Å². The van der Waals surface area contributed by atoms with Crippen LogP contribution in [0.1, 0.15) is 35.4 Å². The molecule has 0 amide bonds. The summed E-state index contributed by atoms with van der Waals surface area (Å²) in [5.41, 5.74) is 7.86. The van der Waals surface area contributed by atoms with Gasteiger partial charge in [-0.05, 0) is 82.7 Å². The zero-order valence-electron chi connectivity index (χ0n) is 20.4. The number of anilines is 2. The molecule has 176 valence electrons. The second-order valence-electron chi connectivity index (χ2n) is 9.56. The lowest BCUT2D eigenvalue weighted by molar-refractivity contribution is 0.263. The molecule has 34 heavy (non-hydrogen) atoms. The van der Waals surface area contributed by atoms with Crippen molar-refractivity contribution in [2.75, 3.05) is 30.8 Å². The van der Waals surface area contributed by atoms with Crippen molar-refractivity contribution in [1.82, 2.24) is 19.4 Å². The third kappa shape index (κ3) is 5.23. The number of aryl methyl sites for hydroxylation is 2. The summed E-state index contributed by atoms with van der Waals surface area (Å²) in [4.78, 5) is 12.2. The smallest absolute Gasteiger partial charge is 0.204 e. The quantitative estimate of drug-likeness (QED) is 0.401. The summed E-state index contributed by atoms with van der Waals surface area (Å²) in [5.74, 6) is 0.934. The van der Waals surface area contributed by atoms with Gasteiger partial charge in [-0.1, -0.05) is 35.9 Å². The third-order valence-corrected chi connectivity index (χ3v) is 6.65. The van der Waals surface area contributed by atoms with Crippen LogP contribution in [-0.4, -0.2) is 45.6 Å². The van der Waals surface area contributed by atoms with E-state index in [9.17, 15) is 0 Å². The van der Waals surface area contributed by atoms with Gasteiger partial charge in [-0.25, -0.2) is 4.98 Å². The van der Waals surface area contributed by atoms with E-state index in [0.717, 1.165) is 66.5 Å². The van der Waals surface area contributed by atoms with E-state index in [4.69, 9.17) is 9.97 Å². The summed E-state index contributed by atoms with van der Waals surface area (Å²) >= 11 is 0. The predicted octanol–water partition coefficient (Wildman–Crippen LogP) is 5.21. The van der Waals surface area contributed by atoms with E-state index in [1.54, 1.807) is 0 Å². The van der Waals surface area contributed by atoms with Crippen molar-refractivity contribution in [3.05, 3.63) is 83.2 Å². The van der Waals surface area contributed by atoms with Crippen molar-refractivity contribution in [1.29, 1.82) is 0 Å². The second-order valence-corrected chi connectivity index (χ2v) is 9.56. The normalized spacial score (nSPS) is 15.0. The van der Waals surface area contributed by atoms with Crippen LogP contribution in [0.4, 0.5) is 11.6 Å². The maximum absolute atomic E-state index is 5.00. The van der Waals surface area contributed by atoms with Gasteiger partial charge < -0.3 is 20.1 Å². The van der Waals surface area contributed by atoms with Crippen LogP contribution in [0, 0.1) is 13.8 Å². The van der Waals surface area contributed by atoms with Gasteiger partial charge >= 0.3 is 0 Å². The first kappa shape index (κ1) is 22.4. The minimum Gasteiger partial charge on any atom is -0.381 e. The first-order valence-electron chi connectivity index (χ1n) is 12.2. The topological polar surface area (TPSA) is 58.0 Å². The number of piperidine rings is 1. The number of imidazole rings is 1. The number of fused-ring (bicyclic) bond motifs is 1. The molecule has 0 atom stereocenters. The van der Waals surface area contributed by atoms with Gasteiger partial charge in [-0.15, -0.1) is 0 Å². The van der Waals surface area contributed by atoms with Gasteiger partial charge in [0, 0.05) is 24.0 Å². The van der Waals surface area contributed by atoms with E-state index in [1.807, 2.05) is 13.0 Å². The molecule has 0 saturated carbocycles. The first-order chi connectivity index (χ1) is 16.5. The minimum absolute atomic E-state index is 0.441. The Balaban J connectivity index is 1.44. The molecule has 0 aliphatic carbocycles. The summed E-state index contributed by atoms with van der Waals surface area (Å²) in [6.45, 7) is 7.89. The molecule has 3 heterocycles. The van der Waals surface area contributed by atoms with Gasteiger partial charge in [0.25, 0.3) is 0 Å². The Morgan fingerprint density at radius 2 is 1.76 bits per heavy atom. The fourth-order valence-electron chi connectivity index (χ4n) is 4.71. The first-order valence-corrected chi connectivity index (χ1v) is 12.2. The van der Waals surface area contributed by atoms with Crippen LogP contribution < -0.4 is 10.6 Å². The summed E-state index contributed by atoms with van der Waals surface area (Å²) in [6, 6.07) is 21.7. The Morgan fingerprint density at radius 1 is 0.941 bits per heavy atom. The Hall–Kier alpha value is -3.38. The Morgan fingerprint density at radius 3 is 2.56 bits per heavy atom. The zero-order chi connectivity index (χ0) is 23.5. The molecule has 2 N–H and O–H groups in total.